The van der Waals surface area contributed by atoms with Crippen LogP contribution in [0.15, 0.2) is 41.6 Å². The Bertz CT molecular complexity index is 951. The van der Waals surface area contributed by atoms with Crippen LogP contribution in [0.4, 0.5) is 17.6 Å². The van der Waals surface area contributed by atoms with Crippen LogP contribution in [0.5, 0.6) is 0 Å². The second kappa shape index (κ2) is 6.91. The van der Waals surface area contributed by atoms with Gasteiger partial charge in [-0.1, -0.05) is 30.3 Å². The molecule has 1 fully saturated rings. The maximum atomic E-state index is 12.8. The van der Waals surface area contributed by atoms with Gasteiger partial charge in [0.15, 0.2) is 5.78 Å². The largest absolute Gasteiger partial charge is 0.383 e. The number of ether oxygens (including phenoxy) is 1. The molecule has 0 saturated carbocycles. The fourth-order valence-corrected chi connectivity index (χ4v) is 4.35. The van der Waals surface area contributed by atoms with Gasteiger partial charge in [-0.2, -0.15) is 9.97 Å². The summed E-state index contributed by atoms with van der Waals surface area (Å²) in [6.07, 6.45) is 2.28. The molecule has 144 valence electrons. The fraction of sp³-hybridized carbons (Fsp3) is 0.381. The molecule has 2 aromatic rings. The minimum absolute atomic E-state index is 0.185. The van der Waals surface area contributed by atoms with Crippen LogP contribution in [-0.2, 0) is 9.53 Å². The number of hydrogen-bond acceptors (Lipinski definition) is 7. The first-order valence-electron chi connectivity index (χ1n) is 9.80. The molecule has 7 nitrogen and oxygen atoms in total. The number of anilines is 3. The molecule has 3 aliphatic rings. The van der Waals surface area contributed by atoms with Gasteiger partial charge in [0.2, 0.25) is 5.95 Å². The van der Waals surface area contributed by atoms with Crippen LogP contribution < -0.4 is 16.0 Å². The normalized spacial score (nSPS) is 21.8. The number of hydrogen-bond donors (Lipinski definition) is 2. The molecule has 0 radical (unpaired) electrons. The van der Waals surface area contributed by atoms with Crippen molar-refractivity contribution in [3.8, 4) is 0 Å². The van der Waals surface area contributed by atoms with Crippen molar-refractivity contribution in [1.82, 2.24) is 9.97 Å². The van der Waals surface area contributed by atoms with Crippen molar-refractivity contribution in [2.45, 2.75) is 25.2 Å². The highest BCUT2D eigenvalue weighted by atomic mass is 16.5. The first-order valence-corrected chi connectivity index (χ1v) is 9.80. The van der Waals surface area contributed by atoms with Gasteiger partial charge in [-0.05, 0) is 18.4 Å². The Kier molecular flexibility index (Phi) is 4.24. The number of allylic oxidation sites excluding steroid dienone is 2. The average Bonchev–Trinajstić information content (AvgIpc) is 2.73. The van der Waals surface area contributed by atoms with Gasteiger partial charge in [-0.25, -0.2) is 0 Å². The van der Waals surface area contributed by atoms with Gasteiger partial charge in [-0.3, -0.25) is 4.79 Å². The lowest BCUT2D eigenvalue weighted by atomic mass is 9.76. The van der Waals surface area contributed by atoms with E-state index in [4.69, 9.17) is 15.5 Å². The molecule has 1 aliphatic carbocycles. The van der Waals surface area contributed by atoms with Crippen LogP contribution in [-0.4, -0.2) is 42.1 Å². The molecule has 1 aromatic heterocycles. The number of benzene rings is 1. The minimum atomic E-state index is -0.223. The quantitative estimate of drug-likeness (QED) is 0.830. The maximum absolute atomic E-state index is 12.8. The lowest BCUT2D eigenvalue weighted by molar-refractivity contribution is -0.116. The highest BCUT2D eigenvalue weighted by Crippen LogP contribution is 2.46. The number of nitrogens with two attached hydrogens (primary N) is 1. The van der Waals surface area contributed by atoms with E-state index in [1.807, 2.05) is 30.3 Å². The third kappa shape index (κ3) is 2.82. The Morgan fingerprint density at radius 3 is 2.68 bits per heavy atom. The summed E-state index contributed by atoms with van der Waals surface area (Å²) in [5.74, 6) is 1.73. The Balaban J connectivity index is 1.66. The minimum Gasteiger partial charge on any atom is -0.383 e. The molecule has 0 unspecified atom stereocenters. The Morgan fingerprint density at radius 2 is 1.89 bits per heavy atom. The summed E-state index contributed by atoms with van der Waals surface area (Å²) in [6, 6.07) is 10.0. The van der Waals surface area contributed by atoms with Crippen molar-refractivity contribution in [1.29, 1.82) is 0 Å². The number of carbonyl (C=O) groups is 1. The SMILES string of the molecule is Nc1nc(N2CCOCC2)nc2c1[C@@H](c1ccccc1)C1=C(CCCC1=O)N2. The summed E-state index contributed by atoms with van der Waals surface area (Å²) in [5.41, 5.74) is 10.1. The first kappa shape index (κ1) is 17.2. The summed E-state index contributed by atoms with van der Waals surface area (Å²) in [5, 5.41) is 3.42. The average molecular weight is 377 g/mol. The van der Waals surface area contributed by atoms with Crippen LogP contribution in [0, 0.1) is 0 Å². The van der Waals surface area contributed by atoms with E-state index < -0.39 is 0 Å². The Labute approximate surface area is 163 Å². The number of rotatable bonds is 2. The monoisotopic (exact) mass is 377 g/mol. The van der Waals surface area contributed by atoms with Gasteiger partial charge in [0.1, 0.15) is 11.6 Å². The highest BCUT2D eigenvalue weighted by Gasteiger charge is 2.38. The van der Waals surface area contributed by atoms with Gasteiger partial charge in [-0.15, -0.1) is 0 Å². The fourth-order valence-electron chi connectivity index (χ4n) is 4.35. The predicted octanol–water partition coefficient (Wildman–Crippen LogP) is 2.46. The molecule has 7 heteroatoms. The molecule has 5 rings (SSSR count). The van der Waals surface area contributed by atoms with Gasteiger partial charge < -0.3 is 20.7 Å². The number of morpholine rings is 1. The smallest absolute Gasteiger partial charge is 0.229 e. The molecule has 28 heavy (non-hydrogen) atoms. The summed E-state index contributed by atoms with van der Waals surface area (Å²) in [4.78, 5) is 24.4. The molecule has 1 aromatic carbocycles. The maximum Gasteiger partial charge on any atom is 0.229 e. The van der Waals surface area contributed by atoms with Crippen LogP contribution in [0.2, 0.25) is 0 Å². The van der Waals surface area contributed by atoms with E-state index in [1.54, 1.807) is 0 Å². The molecule has 1 atom stereocenters. The summed E-state index contributed by atoms with van der Waals surface area (Å²) < 4.78 is 5.43. The van der Waals surface area contributed by atoms with Crippen molar-refractivity contribution in [3.05, 3.63) is 52.7 Å². The third-order valence-electron chi connectivity index (χ3n) is 5.69. The Hall–Kier alpha value is -2.93. The number of nitrogen functional groups attached to an aromatic ring is 1. The van der Waals surface area contributed by atoms with Crippen molar-refractivity contribution >= 4 is 23.4 Å². The summed E-state index contributed by atoms with van der Waals surface area (Å²) >= 11 is 0. The van der Waals surface area contributed by atoms with E-state index in [1.165, 1.54) is 0 Å². The molecule has 0 amide bonds. The van der Waals surface area contributed by atoms with E-state index in [0.29, 0.717) is 31.4 Å². The number of Topliss-reactive ketones (excluding diaryl/α,β-unsaturated/α-hetero) is 1. The van der Waals surface area contributed by atoms with Crippen LogP contribution in [0.1, 0.15) is 36.3 Å². The third-order valence-corrected chi connectivity index (χ3v) is 5.69. The van der Waals surface area contributed by atoms with Gasteiger partial charge in [0.25, 0.3) is 0 Å². The zero-order valence-electron chi connectivity index (χ0n) is 15.6. The Morgan fingerprint density at radius 1 is 1.11 bits per heavy atom. The van der Waals surface area contributed by atoms with Gasteiger partial charge in [0, 0.05) is 42.3 Å². The van der Waals surface area contributed by atoms with Crippen LogP contribution in [0.25, 0.3) is 0 Å². The standard InChI is InChI=1S/C21H23N5O2/c22-19-18-16(13-5-2-1-3-6-13)17-14(7-4-8-15(17)27)23-20(18)25-21(24-19)26-9-11-28-12-10-26/h1-3,5-6,16H,4,7-12H2,(H3,22,23,24,25)/t16-/m0/s1. The zero-order chi connectivity index (χ0) is 19.1. The molecule has 3 heterocycles. The van der Waals surface area contributed by atoms with E-state index in [2.05, 4.69) is 15.2 Å². The number of fused-ring (bicyclic) bond motifs is 1. The molecule has 0 spiro atoms. The van der Waals surface area contributed by atoms with E-state index in [9.17, 15) is 4.79 Å². The molecule has 2 aliphatic heterocycles. The molecular weight excluding hydrogens is 354 g/mol. The van der Waals surface area contributed by atoms with Crippen molar-refractivity contribution < 1.29 is 9.53 Å². The zero-order valence-corrected chi connectivity index (χ0v) is 15.6. The summed E-state index contributed by atoms with van der Waals surface area (Å²) in [7, 11) is 0. The van der Waals surface area contributed by atoms with E-state index >= 15 is 0 Å². The van der Waals surface area contributed by atoms with Gasteiger partial charge in [0.05, 0.1) is 13.2 Å². The van der Waals surface area contributed by atoms with Crippen LogP contribution >= 0.6 is 0 Å². The molecular formula is C21H23N5O2. The van der Waals surface area contributed by atoms with Crippen molar-refractivity contribution in [2.24, 2.45) is 0 Å². The molecule has 3 N–H and O–H groups in total. The van der Waals surface area contributed by atoms with Crippen molar-refractivity contribution in [2.75, 3.05) is 42.3 Å². The van der Waals surface area contributed by atoms with E-state index in [0.717, 1.165) is 54.1 Å². The predicted molar refractivity (Wildman–Crippen MR) is 107 cm³/mol. The molecule has 0 bridgehead atoms. The van der Waals surface area contributed by atoms with E-state index in [-0.39, 0.29) is 11.7 Å². The lowest BCUT2D eigenvalue weighted by Crippen LogP contribution is -2.38. The van der Waals surface area contributed by atoms with Gasteiger partial charge >= 0.3 is 0 Å². The van der Waals surface area contributed by atoms with Crippen LogP contribution in [0.3, 0.4) is 0 Å². The second-order valence-electron chi connectivity index (χ2n) is 7.41. The first-order chi connectivity index (χ1) is 13.7. The topological polar surface area (TPSA) is 93.4 Å². The number of ketones is 1. The number of nitrogens with one attached hydrogen (secondary N) is 1. The molecule has 1 saturated heterocycles. The second-order valence-corrected chi connectivity index (χ2v) is 7.41. The number of nitrogens with zero attached hydrogens (tertiary/aromatic N) is 3. The number of aromatic nitrogens is 2. The van der Waals surface area contributed by atoms with Crippen molar-refractivity contribution in [3.63, 3.8) is 0 Å². The number of carbonyl (C=O) groups excluding carboxylic acids is 1. The highest BCUT2D eigenvalue weighted by molar-refractivity contribution is 6.01. The lowest BCUT2D eigenvalue weighted by Gasteiger charge is -2.35. The summed E-state index contributed by atoms with van der Waals surface area (Å²) in [6.45, 7) is 2.80.